The van der Waals surface area contributed by atoms with Crippen LogP contribution in [0.2, 0.25) is 0 Å². The number of halogens is 4. The molecular weight excluding hydrogens is 299 g/mol. The number of anilines is 1. The maximum atomic E-state index is 12.9. The molecule has 1 unspecified atom stereocenters. The van der Waals surface area contributed by atoms with Crippen molar-refractivity contribution in [1.29, 1.82) is 0 Å². The zero-order valence-corrected chi connectivity index (χ0v) is 11.8. The van der Waals surface area contributed by atoms with E-state index in [-0.39, 0.29) is 24.8 Å². The van der Waals surface area contributed by atoms with E-state index in [2.05, 4.69) is 15.6 Å². The van der Waals surface area contributed by atoms with Gasteiger partial charge in [-0.15, -0.1) is 24.8 Å². The van der Waals surface area contributed by atoms with Crippen molar-refractivity contribution in [3.05, 3.63) is 23.9 Å². The van der Waals surface area contributed by atoms with Gasteiger partial charge in [0.05, 0.1) is 12.6 Å². The Morgan fingerprint density at radius 3 is 2.74 bits per heavy atom. The molecule has 0 aliphatic carbocycles. The molecule has 4 nitrogen and oxygen atoms in total. The Morgan fingerprint density at radius 2 is 2.21 bits per heavy atom. The van der Waals surface area contributed by atoms with Crippen molar-refractivity contribution in [2.45, 2.75) is 25.3 Å². The van der Waals surface area contributed by atoms with Crippen LogP contribution in [-0.2, 0) is 4.79 Å². The van der Waals surface area contributed by atoms with Gasteiger partial charge in [0.25, 0.3) is 5.92 Å². The van der Waals surface area contributed by atoms with Crippen molar-refractivity contribution in [3.8, 4) is 0 Å². The molecule has 1 aromatic rings. The van der Waals surface area contributed by atoms with Crippen LogP contribution in [0.5, 0.6) is 0 Å². The molecule has 1 aliphatic heterocycles. The highest BCUT2D eigenvalue weighted by molar-refractivity contribution is 5.94. The summed E-state index contributed by atoms with van der Waals surface area (Å²) < 4.78 is 25.8. The molecule has 0 spiro atoms. The predicted octanol–water partition coefficient (Wildman–Crippen LogP) is 2.17. The molecule has 0 radical (unpaired) electrons. The van der Waals surface area contributed by atoms with Crippen molar-refractivity contribution >= 4 is 36.5 Å². The molecule has 2 heterocycles. The summed E-state index contributed by atoms with van der Waals surface area (Å²) in [6, 6.07) is 2.62. The summed E-state index contributed by atoms with van der Waals surface area (Å²) in [7, 11) is 0. The monoisotopic (exact) mass is 313 g/mol. The average molecular weight is 314 g/mol. The highest BCUT2D eigenvalue weighted by Gasteiger charge is 2.42. The molecule has 1 saturated heterocycles. The second-order valence-corrected chi connectivity index (χ2v) is 4.20. The molecule has 108 valence electrons. The van der Waals surface area contributed by atoms with Crippen LogP contribution >= 0.6 is 24.8 Å². The fraction of sp³-hybridized carbons (Fsp3) is 0.455. The zero-order valence-electron chi connectivity index (χ0n) is 10.2. The highest BCUT2D eigenvalue weighted by atomic mass is 35.5. The first-order valence-corrected chi connectivity index (χ1v) is 5.31. The molecule has 19 heavy (non-hydrogen) atoms. The number of nitrogens with zero attached hydrogens (tertiary/aromatic N) is 1. The maximum absolute atomic E-state index is 12.9. The Labute approximate surface area is 122 Å². The number of alkyl halides is 2. The second kappa shape index (κ2) is 6.98. The smallest absolute Gasteiger partial charge is 0.262 e. The number of carbonyl (C=O) groups is 1. The fourth-order valence-corrected chi connectivity index (χ4v) is 1.72. The summed E-state index contributed by atoms with van der Waals surface area (Å²) in [4.78, 5) is 15.6. The van der Waals surface area contributed by atoms with E-state index in [1.165, 1.54) is 0 Å². The number of nitrogens with one attached hydrogen (secondary N) is 2. The molecule has 2 rings (SSSR count). The van der Waals surface area contributed by atoms with E-state index in [0.717, 1.165) is 5.56 Å². The molecule has 1 amide bonds. The summed E-state index contributed by atoms with van der Waals surface area (Å²) in [6.07, 6.45) is 1.09. The van der Waals surface area contributed by atoms with E-state index in [9.17, 15) is 13.6 Å². The van der Waals surface area contributed by atoms with E-state index in [1.807, 2.05) is 6.92 Å². The van der Waals surface area contributed by atoms with Crippen molar-refractivity contribution in [1.82, 2.24) is 10.3 Å². The van der Waals surface area contributed by atoms with Crippen LogP contribution in [0.4, 0.5) is 14.6 Å². The number of rotatable bonds is 2. The van der Waals surface area contributed by atoms with Crippen LogP contribution in [0.3, 0.4) is 0 Å². The van der Waals surface area contributed by atoms with Gasteiger partial charge < -0.3 is 5.32 Å². The average Bonchev–Trinajstić information content (AvgIpc) is 2.59. The number of carbonyl (C=O) groups excluding carboxylic acids is 1. The van der Waals surface area contributed by atoms with Gasteiger partial charge in [-0.1, -0.05) is 0 Å². The molecule has 0 bridgehead atoms. The number of aryl methyl sites for hydroxylation is 1. The molecule has 1 atom stereocenters. The van der Waals surface area contributed by atoms with E-state index in [4.69, 9.17) is 0 Å². The van der Waals surface area contributed by atoms with Gasteiger partial charge in [-0.25, -0.2) is 13.8 Å². The minimum Gasteiger partial charge on any atom is -0.309 e. The van der Waals surface area contributed by atoms with E-state index in [1.54, 1.807) is 18.3 Å². The first-order valence-electron chi connectivity index (χ1n) is 5.31. The summed E-state index contributed by atoms with van der Waals surface area (Å²) in [5.74, 6) is -2.89. The highest BCUT2D eigenvalue weighted by Crippen LogP contribution is 2.25. The van der Waals surface area contributed by atoms with Crippen molar-refractivity contribution in [2.24, 2.45) is 0 Å². The molecule has 1 aliphatic rings. The van der Waals surface area contributed by atoms with Crippen LogP contribution in [0.1, 0.15) is 12.0 Å². The lowest BCUT2D eigenvalue weighted by atomic mass is 10.2. The Morgan fingerprint density at radius 1 is 1.53 bits per heavy atom. The molecule has 0 saturated carbocycles. The number of amides is 1. The van der Waals surface area contributed by atoms with E-state index < -0.39 is 30.8 Å². The Kier molecular flexibility index (Phi) is 6.62. The van der Waals surface area contributed by atoms with Gasteiger partial charge in [-0.2, -0.15) is 0 Å². The summed E-state index contributed by atoms with van der Waals surface area (Å²) in [6.45, 7) is 1.41. The summed E-state index contributed by atoms with van der Waals surface area (Å²) in [5.41, 5.74) is 0.944. The number of pyridine rings is 1. The Bertz CT molecular complexity index is 446. The van der Waals surface area contributed by atoms with Crippen LogP contribution in [0.25, 0.3) is 0 Å². The maximum Gasteiger partial charge on any atom is 0.262 e. The minimum atomic E-state index is -2.80. The van der Waals surface area contributed by atoms with Crippen LogP contribution < -0.4 is 10.6 Å². The largest absolute Gasteiger partial charge is 0.309 e. The van der Waals surface area contributed by atoms with E-state index in [0.29, 0.717) is 5.82 Å². The van der Waals surface area contributed by atoms with Gasteiger partial charge in [0.15, 0.2) is 0 Å². The Hall–Kier alpha value is -0.980. The van der Waals surface area contributed by atoms with Gasteiger partial charge in [-0.05, 0) is 24.6 Å². The lowest BCUT2D eigenvalue weighted by Crippen LogP contribution is -2.35. The van der Waals surface area contributed by atoms with Gasteiger partial charge in [0.2, 0.25) is 5.91 Å². The van der Waals surface area contributed by atoms with Gasteiger partial charge in [0.1, 0.15) is 5.82 Å². The SMILES string of the molecule is Cc1ccnc(NC(=O)C2CC(F)(F)CN2)c1.Cl.Cl. The first kappa shape index (κ1) is 18.0. The molecule has 0 aromatic carbocycles. The Balaban J connectivity index is 0.00000162. The van der Waals surface area contributed by atoms with Gasteiger partial charge in [-0.3, -0.25) is 10.1 Å². The first-order chi connectivity index (χ1) is 7.96. The molecule has 2 N–H and O–H groups in total. The minimum absolute atomic E-state index is 0. The fourth-order valence-electron chi connectivity index (χ4n) is 1.72. The number of hydrogen-bond donors (Lipinski definition) is 2. The quantitative estimate of drug-likeness (QED) is 0.880. The summed E-state index contributed by atoms with van der Waals surface area (Å²) in [5, 5.41) is 5.01. The molecular formula is C11H15Cl2F2N3O. The number of aromatic nitrogens is 1. The van der Waals surface area contributed by atoms with Crippen LogP contribution in [-0.4, -0.2) is 29.4 Å². The normalized spacial score (nSPS) is 20.1. The molecule has 1 aromatic heterocycles. The third-order valence-electron chi connectivity index (χ3n) is 2.59. The summed E-state index contributed by atoms with van der Waals surface area (Å²) >= 11 is 0. The van der Waals surface area contributed by atoms with Crippen molar-refractivity contribution in [2.75, 3.05) is 11.9 Å². The molecule has 1 fully saturated rings. The second-order valence-electron chi connectivity index (χ2n) is 4.20. The van der Waals surface area contributed by atoms with Gasteiger partial charge >= 0.3 is 0 Å². The van der Waals surface area contributed by atoms with Gasteiger partial charge in [0, 0.05) is 12.6 Å². The zero-order chi connectivity index (χ0) is 12.5. The standard InChI is InChI=1S/C11H13F2N3O.2ClH/c1-7-2-3-14-9(4-7)16-10(17)8-5-11(12,13)6-15-8;;/h2-4,8,15H,5-6H2,1H3,(H,14,16,17);2*1H. The topological polar surface area (TPSA) is 54.0 Å². The third kappa shape index (κ3) is 4.89. The van der Waals surface area contributed by atoms with Crippen LogP contribution in [0, 0.1) is 6.92 Å². The van der Waals surface area contributed by atoms with E-state index >= 15 is 0 Å². The van der Waals surface area contributed by atoms with Crippen molar-refractivity contribution in [3.63, 3.8) is 0 Å². The van der Waals surface area contributed by atoms with Crippen molar-refractivity contribution < 1.29 is 13.6 Å². The number of hydrogen-bond acceptors (Lipinski definition) is 3. The lowest BCUT2D eigenvalue weighted by Gasteiger charge is -2.10. The molecule has 8 heteroatoms. The lowest BCUT2D eigenvalue weighted by molar-refractivity contribution is -0.118. The third-order valence-corrected chi connectivity index (χ3v) is 2.59. The predicted molar refractivity (Wildman–Crippen MR) is 73.5 cm³/mol. The van der Waals surface area contributed by atoms with Crippen LogP contribution in [0.15, 0.2) is 18.3 Å².